The second-order valence-corrected chi connectivity index (χ2v) is 6.38. The van der Waals surface area contributed by atoms with E-state index in [0.717, 1.165) is 18.5 Å². The zero-order chi connectivity index (χ0) is 11.6. The molecule has 1 aromatic heterocycles. The summed E-state index contributed by atoms with van der Waals surface area (Å²) in [5.74, 6) is 0.776. The molecular weight excluding hydrogens is 226 g/mol. The molecule has 2 heterocycles. The van der Waals surface area contributed by atoms with Crippen LogP contribution in [0.15, 0.2) is 18.3 Å². The maximum absolute atomic E-state index is 11.6. The van der Waals surface area contributed by atoms with E-state index in [0.29, 0.717) is 18.1 Å². The van der Waals surface area contributed by atoms with Gasteiger partial charge in [0.05, 0.1) is 22.9 Å². The van der Waals surface area contributed by atoms with Gasteiger partial charge >= 0.3 is 0 Å². The van der Waals surface area contributed by atoms with Crippen LogP contribution in [0.3, 0.4) is 0 Å². The largest absolute Gasteiger partial charge is 0.384 e. The predicted molar refractivity (Wildman–Crippen MR) is 63.9 cm³/mol. The number of nitrogens with two attached hydrogens (primary N) is 1. The first-order valence-electron chi connectivity index (χ1n) is 5.25. The van der Waals surface area contributed by atoms with Gasteiger partial charge in [-0.3, -0.25) is 0 Å². The molecule has 1 unspecified atom stereocenters. The van der Waals surface area contributed by atoms with Gasteiger partial charge in [0.25, 0.3) is 0 Å². The zero-order valence-electron chi connectivity index (χ0n) is 8.89. The van der Waals surface area contributed by atoms with Gasteiger partial charge in [0.1, 0.15) is 5.82 Å². The van der Waals surface area contributed by atoms with Crippen molar-refractivity contribution < 1.29 is 8.42 Å². The number of nitrogens with one attached hydrogen (secondary N) is 1. The Morgan fingerprint density at radius 3 is 2.88 bits per heavy atom. The quantitative estimate of drug-likeness (QED) is 0.811. The van der Waals surface area contributed by atoms with E-state index in [1.54, 1.807) is 18.3 Å². The van der Waals surface area contributed by atoms with Crippen molar-refractivity contribution in [2.75, 3.05) is 23.3 Å². The lowest BCUT2D eigenvalue weighted by molar-refractivity contribution is 0.591. The van der Waals surface area contributed by atoms with Crippen LogP contribution in [-0.2, 0) is 9.84 Å². The van der Waals surface area contributed by atoms with E-state index in [4.69, 9.17) is 5.73 Å². The molecule has 5 nitrogen and oxygen atoms in total. The van der Waals surface area contributed by atoms with Crippen LogP contribution in [-0.4, -0.2) is 30.9 Å². The molecule has 16 heavy (non-hydrogen) atoms. The lowest BCUT2D eigenvalue weighted by atomic mass is 10.2. The highest BCUT2D eigenvalue weighted by molar-refractivity contribution is 7.92. The normalized spacial score (nSPS) is 23.1. The maximum atomic E-state index is 11.6. The molecule has 0 bridgehead atoms. The van der Waals surface area contributed by atoms with Crippen molar-refractivity contribution >= 4 is 21.3 Å². The van der Waals surface area contributed by atoms with E-state index >= 15 is 0 Å². The van der Waals surface area contributed by atoms with Gasteiger partial charge < -0.3 is 11.1 Å². The summed E-state index contributed by atoms with van der Waals surface area (Å²) in [6.45, 7) is 0.452. The molecule has 1 fully saturated rings. The Morgan fingerprint density at radius 2 is 2.31 bits per heavy atom. The molecular formula is C10H15N3O2S. The number of rotatable bonds is 3. The summed E-state index contributed by atoms with van der Waals surface area (Å²) < 4.78 is 23.1. The Morgan fingerprint density at radius 1 is 1.50 bits per heavy atom. The molecule has 1 aliphatic rings. The number of hydrogen-bond donors (Lipinski definition) is 2. The number of hydrogen-bond acceptors (Lipinski definition) is 5. The van der Waals surface area contributed by atoms with Gasteiger partial charge in [0.2, 0.25) is 0 Å². The fourth-order valence-corrected chi connectivity index (χ4v) is 3.59. The summed E-state index contributed by atoms with van der Waals surface area (Å²) in [6.07, 6.45) is 3.13. The summed E-state index contributed by atoms with van der Waals surface area (Å²) in [5, 5.41) is 2.81. The Balaban J connectivity index is 1.95. The molecule has 1 saturated heterocycles. The highest BCUT2D eigenvalue weighted by Crippen LogP contribution is 2.20. The number of anilines is 2. The third-order valence-corrected chi connectivity index (χ3v) is 5.06. The molecule has 6 heteroatoms. The molecule has 1 aliphatic heterocycles. The predicted octanol–water partition coefficient (Wildman–Crippen LogP) is 0.653. The van der Waals surface area contributed by atoms with Crippen LogP contribution in [0.1, 0.15) is 12.8 Å². The average Bonchev–Trinajstić information content (AvgIpc) is 2.57. The summed E-state index contributed by atoms with van der Waals surface area (Å²) >= 11 is 0. The molecule has 0 amide bonds. The van der Waals surface area contributed by atoms with Crippen LogP contribution in [0.4, 0.5) is 11.5 Å². The second-order valence-electron chi connectivity index (χ2n) is 3.98. The van der Waals surface area contributed by atoms with Crippen molar-refractivity contribution in [3.8, 4) is 0 Å². The Labute approximate surface area is 95.0 Å². The average molecular weight is 241 g/mol. The van der Waals surface area contributed by atoms with Crippen LogP contribution in [0.2, 0.25) is 0 Å². The number of aromatic nitrogens is 1. The summed E-state index contributed by atoms with van der Waals surface area (Å²) in [4.78, 5) is 3.93. The van der Waals surface area contributed by atoms with Gasteiger partial charge in [0.15, 0.2) is 9.84 Å². The van der Waals surface area contributed by atoms with E-state index < -0.39 is 9.84 Å². The van der Waals surface area contributed by atoms with Gasteiger partial charge in [-0.25, -0.2) is 13.4 Å². The topological polar surface area (TPSA) is 85.1 Å². The van der Waals surface area contributed by atoms with E-state index in [9.17, 15) is 8.42 Å². The second kappa shape index (κ2) is 4.29. The molecule has 88 valence electrons. The lowest BCUT2D eigenvalue weighted by Crippen LogP contribution is -2.25. The minimum Gasteiger partial charge on any atom is -0.384 e. The zero-order valence-corrected chi connectivity index (χ0v) is 9.70. The van der Waals surface area contributed by atoms with Gasteiger partial charge in [-0.15, -0.1) is 0 Å². The molecule has 0 spiro atoms. The van der Waals surface area contributed by atoms with Crippen molar-refractivity contribution in [3.63, 3.8) is 0 Å². The fourth-order valence-electron chi connectivity index (χ4n) is 1.83. The van der Waals surface area contributed by atoms with Gasteiger partial charge in [-0.05, 0) is 25.0 Å². The summed E-state index contributed by atoms with van der Waals surface area (Å²) in [7, 11) is -2.87. The van der Waals surface area contributed by atoms with E-state index in [1.807, 2.05) is 0 Å². The van der Waals surface area contributed by atoms with E-state index in [-0.39, 0.29) is 5.25 Å². The third-order valence-electron chi connectivity index (χ3n) is 2.78. The first-order valence-corrected chi connectivity index (χ1v) is 6.96. The standard InChI is InChI=1S/C10H15N3O2S/c11-10-4-3-8(6-13-10)12-7-9-2-1-5-16(9,14)15/h3-4,6,9,12H,1-2,5,7H2,(H2,11,13). The van der Waals surface area contributed by atoms with E-state index in [2.05, 4.69) is 10.3 Å². The van der Waals surface area contributed by atoms with Gasteiger partial charge in [-0.2, -0.15) is 0 Å². The number of sulfone groups is 1. The molecule has 2 rings (SSSR count). The SMILES string of the molecule is Nc1ccc(NCC2CCCS2(=O)=O)cn1. The monoisotopic (exact) mass is 241 g/mol. The molecule has 3 N–H and O–H groups in total. The van der Waals surface area contributed by atoms with Crippen LogP contribution in [0.5, 0.6) is 0 Å². The van der Waals surface area contributed by atoms with E-state index in [1.165, 1.54) is 0 Å². The van der Waals surface area contributed by atoms with Crippen molar-refractivity contribution in [1.29, 1.82) is 0 Å². The van der Waals surface area contributed by atoms with Crippen molar-refractivity contribution in [3.05, 3.63) is 18.3 Å². The van der Waals surface area contributed by atoms with Gasteiger partial charge in [0, 0.05) is 6.54 Å². The van der Waals surface area contributed by atoms with Crippen molar-refractivity contribution in [2.24, 2.45) is 0 Å². The summed E-state index contributed by atoms with van der Waals surface area (Å²) in [5.41, 5.74) is 6.26. The molecule has 1 aromatic rings. The Bertz CT molecular complexity index is 455. The number of nitrogen functional groups attached to an aromatic ring is 1. The van der Waals surface area contributed by atoms with Crippen LogP contribution in [0.25, 0.3) is 0 Å². The van der Waals surface area contributed by atoms with Crippen molar-refractivity contribution in [2.45, 2.75) is 18.1 Å². The smallest absolute Gasteiger partial charge is 0.154 e. The Hall–Kier alpha value is -1.30. The molecule has 0 radical (unpaired) electrons. The fraction of sp³-hybridized carbons (Fsp3) is 0.500. The third kappa shape index (κ3) is 2.44. The number of pyridine rings is 1. The van der Waals surface area contributed by atoms with Crippen LogP contribution in [0, 0.1) is 0 Å². The summed E-state index contributed by atoms with van der Waals surface area (Å²) in [6, 6.07) is 3.48. The Kier molecular flexibility index (Phi) is 3.00. The first kappa shape index (κ1) is 11.2. The molecule has 0 saturated carbocycles. The number of nitrogens with zero attached hydrogens (tertiary/aromatic N) is 1. The van der Waals surface area contributed by atoms with Crippen LogP contribution >= 0.6 is 0 Å². The highest BCUT2D eigenvalue weighted by Gasteiger charge is 2.30. The highest BCUT2D eigenvalue weighted by atomic mass is 32.2. The first-order chi connectivity index (χ1) is 7.58. The minimum atomic E-state index is -2.87. The van der Waals surface area contributed by atoms with Crippen LogP contribution < -0.4 is 11.1 Å². The minimum absolute atomic E-state index is 0.259. The lowest BCUT2D eigenvalue weighted by Gasteiger charge is -2.11. The van der Waals surface area contributed by atoms with Crippen molar-refractivity contribution in [1.82, 2.24) is 4.98 Å². The maximum Gasteiger partial charge on any atom is 0.154 e. The molecule has 0 aliphatic carbocycles. The van der Waals surface area contributed by atoms with Gasteiger partial charge in [-0.1, -0.05) is 0 Å². The molecule has 1 atom stereocenters. The molecule has 0 aromatic carbocycles.